The number of aryl methyl sites for hydroxylation is 2. The quantitative estimate of drug-likeness (QED) is 0.871. The molecule has 2 rings (SSSR count). The van der Waals surface area contributed by atoms with Gasteiger partial charge in [-0.2, -0.15) is 0 Å². The van der Waals surface area contributed by atoms with Gasteiger partial charge in [-0.1, -0.05) is 7.43 Å². The van der Waals surface area contributed by atoms with Crippen molar-refractivity contribution < 1.29 is 19.4 Å². The van der Waals surface area contributed by atoms with Gasteiger partial charge >= 0.3 is 0 Å². The smallest absolute Gasteiger partial charge is 0.150 e. The van der Waals surface area contributed by atoms with E-state index in [2.05, 4.69) is 0 Å². The Hall–Kier alpha value is -2.62. The van der Waals surface area contributed by atoms with Gasteiger partial charge in [-0.3, -0.25) is 9.59 Å². The number of benzene rings is 2. The van der Waals surface area contributed by atoms with Crippen LogP contribution in [0.5, 0.6) is 11.5 Å². The first kappa shape index (κ1) is 19.4. The molecule has 0 unspecified atom stereocenters. The SMILES string of the molecule is C.COc1ccc(C=O)cc1C.Cc1cc(C=O)ccc1O. The number of methoxy groups -OCH3 is 1. The molecule has 2 aromatic rings. The van der Waals surface area contributed by atoms with Crippen LogP contribution in [0, 0.1) is 13.8 Å². The normalized spacial score (nSPS) is 8.86. The number of aldehydes is 2. The van der Waals surface area contributed by atoms with Crippen molar-refractivity contribution in [1.29, 1.82) is 0 Å². The van der Waals surface area contributed by atoms with Gasteiger partial charge in [0.05, 0.1) is 7.11 Å². The van der Waals surface area contributed by atoms with Crippen LogP contribution in [0.2, 0.25) is 0 Å². The maximum atomic E-state index is 10.3. The van der Waals surface area contributed by atoms with E-state index in [1.807, 2.05) is 6.92 Å². The molecule has 0 spiro atoms. The third-order valence-corrected chi connectivity index (χ3v) is 2.91. The Morgan fingerprint density at radius 1 is 0.909 bits per heavy atom. The molecule has 118 valence electrons. The van der Waals surface area contributed by atoms with Gasteiger partial charge in [0.15, 0.2) is 0 Å². The number of ether oxygens (including phenoxy) is 1. The molecule has 0 bridgehead atoms. The van der Waals surface area contributed by atoms with Crippen LogP contribution in [0.4, 0.5) is 0 Å². The van der Waals surface area contributed by atoms with Crippen LogP contribution in [-0.2, 0) is 0 Å². The van der Waals surface area contributed by atoms with E-state index >= 15 is 0 Å². The van der Waals surface area contributed by atoms with Crippen LogP contribution in [0.1, 0.15) is 39.3 Å². The maximum Gasteiger partial charge on any atom is 0.150 e. The zero-order chi connectivity index (χ0) is 15.8. The molecule has 0 fully saturated rings. The second-order valence-corrected chi connectivity index (χ2v) is 4.51. The van der Waals surface area contributed by atoms with Crippen LogP contribution < -0.4 is 4.74 Å². The summed E-state index contributed by atoms with van der Waals surface area (Å²) in [5.41, 5.74) is 2.99. The first-order valence-corrected chi connectivity index (χ1v) is 6.36. The minimum absolute atomic E-state index is 0. The zero-order valence-corrected chi connectivity index (χ0v) is 12.3. The van der Waals surface area contributed by atoms with Gasteiger partial charge in [0.1, 0.15) is 24.1 Å². The van der Waals surface area contributed by atoms with Crippen LogP contribution in [0.15, 0.2) is 36.4 Å². The molecule has 0 saturated heterocycles. The van der Waals surface area contributed by atoms with Gasteiger partial charge in [0.2, 0.25) is 0 Å². The summed E-state index contributed by atoms with van der Waals surface area (Å²) in [6.45, 7) is 3.66. The highest BCUT2D eigenvalue weighted by atomic mass is 16.5. The predicted molar refractivity (Wildman–Crippen MR) is 88.1 cm³/mol. The standard InChI is InChI=1S/C9H10O2.C8H8O2.CH4/c1-7-5-8(6-10)3-4-9(7)11-2;1-6-4-7(5-9)2-3-8(6)10;/h3-6H,1-2H3;2-5,10H,1H3;1H4. The average Bonchev–Trinajstić information content (AvgIpc) is 2.50. The van der Waals surface area contributed by atoms with Crippen LogP contribution in [0.25, 0.3) is 0 Å². The van der Waals surface area contributed by atoms with Crippen LogP contribution >= 0.6 is 0 Å². The molecule has 0 aliphatic rings. The van der Waals surface area contributed by atoms with E-state index in [4.69, 9.17) is 9.84 Å². The van der Waals surface area contributed by atoms with E-state index < -0.39 is 0 Å². The third kappa shape index (κ3) is 5.40. The third-order valence-electron chi connectivity index (χ3n) is 2.91. The van der Waals surface area contributed by atoms with E-state index in [0.717, 1.165) is 29.4 Å². The van der Waals surface area contributed by atoms with Crippen LogP contribution in [0.3, 0.4) is 0 Å². The molecule has 4 nitrogen and oxygen atoms in total. The van der Waals surface area contributed by atoms with Gasteiger partial charge in [0.25, 0.3) is 0 Å². The number of phenolic OH excluding ortho intramolecular Hbond substituents is 1. The van der Waals surface area contributed by atoms with Crippen molar-refractivity contribution in [2.24, 2.45) is 0 Å². The van der Waals surface area contributed by atoms with Gasteiger partial charge < -0.3 is 9.84 Å². The Kier molecular flexibility index (Phi) is 8.23. The van der Waals surface area contributed by atoms with Crippen molar-refractivity contribution in [3.05, 3.63) is 58.7 Å². The maximum absolute atomic E-state index is 10.3. The van der Waals surface area contributed by atoms with Gasteiger partial charge in [-0.15, -0.1) is 0 Å². The number of hydrogen-bond acceptors (Lipinski definition) is 4. The van der Waals surface area contributed by atoms with E-state index in [-0.39, 0.29) is 13.2 Å². The number of carbonyl (C=O) groups is 2. The average molecular weight is 302 g/mol. The predicted octanol–water partition coefficient (Wildman–Crippen LogP) is 3.97. The van der Waals surface area contributed by atoms with Gasteiger partial charge in [-0.25, -0.2) is 0 Å². The number of aromatic hydroxyl groups is 1. The molecule has 0 aliphatic heterocycles. The Labute approximate surface area is 131 Å². The number of phenols is 1. The minimum atomic E-state index is 0. The number of rotatable bonds is 3. The number of carbonyl (C=O) groups excluding carboxylic acids is 2. The van der Waals surface area contributed by atoms with Crippen molar-refractivity contribution in [1.82, 2.24) is 0 Å². The second kappa shape index (κ2) is 9.34. The summed E-state index contributed by atoms with van der Waals surface area (Å²) in [7, 11) is 1.61. The molecule has 0 atom stereocenters. The second-order valence-electron chi connectivity index (χ2n) is 4.51. The van der Waals surface area contributed by atoms with Crippen molar-refractivity contribution in [2.75, 3.05) is 7.11 Å². The molecule has 2 aromatic carbocycles. The minimum Gasteiger partial charge on any atom is -0.508 e. The Bertz CT molecular complexity index is 633. The molecule has 22 heavy (non-hydrogen) atoms. The largest absolute Gasteiger partial charge is 0.508 e. The van der Waals surface area contributed by atoms with Crippen LogP contribution in [-0.4, -0.2) is 24.8 Å². The molecule has 0 saturated carbocycles. The Morgan fingerprint density at radius 2 is 1.41 bits per heavy atom. The highest BCUT2D eigenvalue weighted by molar-refractivity contribution is 5.76. The first-order chi connectivity index (χ1) is 10.0. The summed E-state index contributed by atoms with van der Waals surface area (Å²) in [5.74, 6) is 1.04. The monoisotopic (exact) mass is 302 g/mol. The summed E-state index contributed by atoms with van der Waals surface area (Å²) in [4.78, 5) is 20.5. The summed E-state index contributed by atoms with van der Waals surface area (Å²) in [6, 6.07) is 10.1. The lowest BCUT2D eigenvalue weighted by molar-refractivity contribution is 0.111. The van der Waals surface area contributed by atoms with E-state index in [1.54, 1.807) is 44.4 Å². The molecule has 0 amide bonds. The Morgan fingerprint density at radius 3 is 1.82 bits per heavy atom. The van der Waals surface area contributed by atoms with Crippen molar-refractivity contribution in [3.63, 3.8) is 0 Å². The van der Waals surface area contributed by atoms with Crippen molar-refractivity contribution >= 4 is 12.6 Å². The first-order valence-electron chi connectivity index (χ1n) is 6.36. The molecule has 0 heterocycles. The Balaban J connectivity index is 0.000000385. The molecule has 0 radical (unpaired) electrons. The lowest BCUT2D eigenvalue weighted by Crippen LogP contribution is -1.88. The van der Waals surface area contributed by atoms with E-state index in [9.17, 15) is 9.59 Å². The molecular weight excluding hydrogens is 280 g/mol. The van der Waals surface area contributed by atoms with Gasteiger partial charge in [0, 0.05) is 11.1 Å². The summed E-state index contributed by atoms with van der Waals surface area (Å²) >= 11 is 0. The molecule has 0 aliphatic carbocycles. The van der Waals surface area contributed by atoms with E-state index in [0.29, 0.717) is 11.1 Å². The topological polar surface area (TPSA) is 63.6 Å². The summed E-state index contributed by atoms with van der Waals surface area (Å²) in [6.07, 6.45) is 1.58. The fourth-order valence-electron chi connectivity index (χ4n) is 1.73. The lowest BCUT2D eigenvalue weighted by atomic mass is 10.1. The lowest BCUT2D eigenvalue weighted by Gasteiger charge is -2.03. The summed E-state index contributed by atoms with van der Waals surface area (Å²) in [5, 5.41) is 9.02. The van der Waals surface area contributed by atoms with Crippen molar-refractivity contribution in [3.8, 4) is 11.5 Å². The summed E-state index contributed by atoms with van der Waals surface area (Å²) < 4.78 is 5.03. The fraction of sp³-hybridized carbons (Fsp3) is 0.222. The number of hydrogen-bond donors (Lipinski definition) is 1. The highest BCUT2D eigenvalue weighted by Crippen LogP contribution is 2.17. The molecule has 4 heteroatoms. The van der Waals surface area contributed by atoms with Gasteiger partial charge in [-0.05, 0) is 61.4 Å². The molecule has 0 aromatic heterocycles. The van der Waals surface area contributed by atoms with Crippen molar-refractivity contribution in [2.45, 2.75) is 21.3 Å². The molecule has 1 N–H and O–H groups in total. The molecular formula is C18H22O4. The highest BCUT2D eigenvalue weighted by Gasteiger charge is 1.97. The van der Waals surface area contributed by atoms with E-state index in [1.165, 1.54) is 6.07 Å². The zero-order valence-electron chi connectivity index (χ0n) is 12.3. The fourth-order valence-corrected chi connectivity index (χ4v) is 1.73.